The van der Waals surface area contributed by atoms with E-state index >= 15 is 0 Å². The molecule has 0 spiro atoms. The average molecular weight is 172 g/mol. The van der Waals surface area contributed by atoms with Crippen molar-refractivity contribution in [2.24, 2.45) is 0 Å². The summed E-state index contributed by atoms with van der Waals surface area (Å²) in [7, 11) is 0. The maximum absolute atomic E-state index is 12.0. The molecule has 1 rings (SSSR count). The van der Waals surface area contributed by atoms with Crippen LogP contribution in [0.4, 0.5) is 8.78 Å². The molecule has 0 aliphatic rings. The van der Waals surface area contributed by atoms with Gasteiger partial charge in [0.2, 0.25) is 0 Å². The second-order valence-electron chi connectivity index (χ2n) is 2.09. The normalized spacial score (nSPS) is 9.92. The van der Waals surface area contributed by atoms with E-state index in [-0.39, 0.29) is 17.8 Å². The number of alkyl halides is 2. The van der Waals surface area contributed by atoms with Crippen LogP contribution in [-0.2, 0) is 4.79 Å². The molecule has 2 nitrogen and oxygen atoms in total. The van der Waals surface area contributed by atoms with Crippen LogP contribution < -0.4 is 4.74 Å². The van der Waals surface area contributed by atoms with Crippen molar-refractivity contribution in [3.05, 3.63) is 29.8 Å². The van der Waals surface area contributed by atoms with Gasteiger partial charge in [-0.1, -0.05) is 12.1 Å². The molecule has 0 saturated heterocycles. The lowest BCUT2D eigenvalue weighted by atomic mass is 10.2. The first kappa shape index (κ1) is 8.64. The highest BCUT2D eigenvalue weighted by Gasteiger charge is 2.06. The minimum atomic E-state index is -2.54. The summed E-state index contributed by atoms with van der Waals surface area (Å²) in [4.78, 5) is 9.85. The van der Waals surface area contributed by atoms with Gasteiger partial charge in [0.1, 0.15) is 5.75 Å². The van der Waals surface area contributed by atoms with E-state index in [1.54, 1.807) is 0 Å². The topological polar surface area (TPSA) is 26.3 Å². The molecule has 0 heterocycles. The van der Waals surface area contributed by atoms with Gasteiger partial charge in [0.25, 0.3) is 12.9 Å². The Morgan fingerprint density at radius 2 is 2.17 bits per heavy atom. The average Bonchev–Trinajstić information content (AvgIpc) is 2.05. The van der Waals surface area contributed by atoms with Crippen LogP contribution in [0.5, 0.6) is 5.75 Å². The number of rotatable bonds is 3. The van der Waals surface area contributed by atoms with E-state index in [9.17, 15) is 13.6 Å². The van der Waals surface area contributed by atoms with Crippen LogP contribution in [0.3, 0.4) is 0 Å². The third kappa shape index (κ3) is 2.02. The van der Waals surface area contributed by atoms with Gasteiger partial charge in [-0.25, -0.2) is 8.78 Å². The molecule has 1 aromatic rings. The van der Waals surface area contributed by atoms with Crippen LogP contribution >= 0.6 is 0 Å². The molecule has 0 radical (unpaired) electrons. The first-order chi connectivity index (χ1) is 5.74. The molecule has 1 aromatic carbocycles. The Morgan fingerprint density at radius 3 is 2.75 bits per heavy atom. The number of benzene rings is 1. The number of halogens is 2. The Morgan fingerprint density at radius 1 is 1.42 bits per heavy atom. The zero-order valence-corrected chi connectivity index (χ0v) is 6.04. The van der Waals surface area contributed by atoms with Crippen LogP contribution in [0.2, 0.25) is 0 Å². The molecule has 64 valence electrons. The molecule has 0 aromatic heterocycles. The smallest absolute Gasteiger partial charge is 0.298 e. The zero-order chi connectivity index (χ0) is 8.97. The summed E-state index contributed by atoms with van der Waals surface area (Å²) in [6.45, 7) is 0.199. The minimum absolute atomic E-state index is 0.128. The second kappa shape index (κ2) is 3.80. The number of carbonyl (C=O) groups excluding carboxylic acids is 1. The lowest BCUT2D eigenvalue weighted by Crippen LogP contribution is -1.90. The van der Waals surface area contributed by atoms with E-state index in [4.69, 9.17) is 0 Å². The lowest BCUT2D eigenvalue weighted by molar-refractivity contribution is -0.120. The molecule has 4 heteroatoms. The third-order valence-corrected chi connectivity index (χ3v) is 1.29. The lowest BCUT2D eigenvalue weighted by Gasteiger charge is -2.00. The van der Waals surface area contributed by atoms with Crippen LogP contribution in [0.1, 0.15) is 12.0 Å². The quantitative estimate of drug-likeness (QED) is 0.653. The molecule has 0 N–H and O–H groups in total. The number of carbonyl (C=O) groups is 1. The Kier molecular flexibility index (Phi) is 2.74. The predicted octanol–water partition coefficient (Wildman–Crippen LogP) is 2.16. The van der Waals surface area contributed by atoms with E-state index in [2.05, 4.69) is 4.74 Å². The SMILES string of the molecule is O=COc1cccc(C(F)F)c1. The summed E-state index contributed by atoms with van der Waals surface area (Å²) in [5, 5.41) is 0. The van der Waals surface area contributed by atoms with Crippen molar-refractivity contribution >= 4 is 6.47 Å². The molecule has 0 unspecified atom stereocenters. The fourth-order valence-corrected chi connectivity index (χ4v) is 0.779. The van der Waals surface area contributed by atoms with Gasteiger partial charge in [-0.15, -0.1) is 0 Å². The molecule has 12 heavy (non-hydrogen) atoms. The standard InChI is InChI=1S/C8H6F2O2/c9-8(10)6-2-1-3-7(4-6)12-5-11/h1-5,8H. The van der Waals surface area contributed by atoms with Crippen molar-refractivity contribution in [2.45, 2.75) is 6.43 Å². The number of ether oxygens (including phenoxy) is 1. The van der Waals surface area contributed by atoms with Crippen LogP contribution in [0, 0.1) is 0 Å². The van der Waals surface area contributed by atoms with Crippen molar-refractivity contribution in [2.75, 3.05) is 0 Å². The molecule has 0 aliphatic carbocycles. The van der Waals surface area contributed by atoms with Crippen molar-refractivity contribution < 1.29 is 18.3 Å². The Bertz CT molecular complexity index is 274. The first-order valence-corrected chi connectivity index (χ1v) is 3.22. The largest absolute Gasteiger partial charge is 0.429 e. The van der Waals surface area contributed by atoms with Gasteiger partial charge in [0.05, 0.1) is 0 Å². The molecule has 0 amide bonds. The summed E-state index contributed by atoms with van der Waals surface area (Å²) in [5.74, 6) is 0.128. The third-order valence-electron chi connectivity index (χ3n) is 1.29. The fraction of sp³-hybridized carbons (Fsp3) is 0.125. The van der Waals surface area contributed by atoms with Gasteiger partial charge in [0, 0.05) is 5.56 Å². The summed E-state index contributed by atoms with van der Waals surface area (Å²) in [6.07, 6.45) is -2.54. The van der Waals surface area contributed by atoms with Crippen LogP contribution in [0.25, 0.3) is 0 Å². The summed E-state index contributed by atoms with van der Waals surface area (Å²) in [6, 6.07) is 5.22. The Hall–Kier alpha value is -1.45. The molecule has 0 bridgehead atoms. The van der Waals surface area contributed by atoms with E-state index in [1.807, 2.05) is 0 Å². The zero-order valence-electron chi connectivity index (χ0n) is 6.04. The molecule has 0 fully saturated rings. The fourth-order valence-electron chi connectivity index (χ4n) is 0.779. The predicted molar refractivity (Wildman–Crippen MR) is 38.1 cm³/mol. The highest BCUT2D eigenvalue weighted by atomic mass is 19.3. The van der Waals surface area contributed by atoms with Crippen molar-refractivity contribution in [1.29, 1.82) is 0 Å². The first-order valence-electron chi connectivity index (χ1n) is 3.22. The molecular weight excluding hydrogens is 166 g/mol. The van der Waals surface area contributed by atoms with E-state index in [0.717, 1.165) is 6.07 Å². The van der Waals surface area contributed by atoms with Crippen LogP contribution in [-0.4, -0.2) is 6.47 Å². The Balaban J connectivity index is 2.87. The number of hydrogen-bond acceptors (Lipinski definition) is 2. The van der Waals surface area contributed by atoms with Crippen molar-refractivity contribution in [3.8, 4) is 5.75 Å². The van der Waals surface area contributed by atoms with Gasteiger partial charge in [-0.05, 0) is 12.1 Å². The van der Waals surface area contributed by atoms with Gasteiger partial charge in [-0.3, -0.25) is 4.79 Å². The maximum Gasteiger partial charge on any atom is 0.298 e. The molecule has 0 atom stereocenters. The van der Waals surface area contributed by atoms with Gasteiger partial charge in [0.15, 0.2) is 0 Å². The summed E-state index contributed by atoms with van der Waals surface area (Å²) in [5.41, 5.74) is -0.158. The van der Waals surface area contributed by atoms with Crippen molar-refractivity contribution in [3.63, 3.8) is 0 Å². The van der Waals surface area contributed by atoms with E-state index < -0.39 is 6.43 Å². The minimum Gasteiger partial charge on any atom is -0.429 e. The highest BCUT2D eigenvalue weighted by molar-refractivity contribution is 5.45. The van der Waals surface area contributed by atoms with Gasteiger partial charge >= 0.3 is 0 Å². The van der Waals surface area contributed by atoms with Crippen LogP contribution in [0.15, 0.2) is 24.3 Å². The van der Waals surface area contributed by atoms with Crippen molar-refractivity contribution in [1.82, 2.24) is 0 Å². The number of hydrogen-bond donors (Lipinski definition) is 0. The maximum atomic E-state index is 12.0. The van der Waals surface area contributed by atoms with E-state index in [0.29, 0.717) is 0 Å². The molecule has 0 saturated carbocycles. The highest BCUT2D eigenvalue weighted by Crippen LogP contribution is 2.22. The van der Waals surface area contributed by atoms with Gasteiger partial charge < -0.3 is 4.74 Å². The molecular formula is C8H6F2O2. The summed E-state index contributed by atoms with van der Waals surface area (Å²) >= 11 is 0. The monoisotopic (exact) mass is 172 g/mol. The molecule has 0 aliphatic heterocycles. The Labute approximate surface area is 67.8 Å². The summed E-state index contributed by atoms with van der Waals surface area (Å²) < 4.78 is 28.5. The second-order valence-corrected chi connectivity index (χ2v) is 2.09. The van der Waals surface area contributed by atoms with E-state index in [1.165, 1.54) is 18.2 Å². The van der Waals surface area contributed by atoms with Gasteiger partial charge in [-0.2, -0.15) is 0 Å².